The van der Waals surface area contributed by atoms with E-state index in [-0.39, 0.29) is 17.4 Å². The summed E-state index contributed by atoms with van der Waals surface area (Å²) in [5.74, 6) is 0.995. The quantitative estimate of drug-likeness (QED) is 0.711. The molecule has 5 nitrogen and oxygen atoms in total. The van der Waals surface area contributed by atoms with Gasteiger partial charge in [-0.15, -0.1) is 0 Å². The fraction of sp³-hybridized carbons (Fsp3) is 0.250. The molecule has 0 saturated carbocycles. The number of halogens is 1. The molecule has 0 aliphatic rings. The zero-order chi connectivity index (χ0) is 18.5. The van der Waals surface area contributed by atoms with Crippen LogP contribution in [-0.2, 0) is 12.8 Å². The number of nitrogens with one attached hydrogen (secondary N) is 2. The van der Waals surface area contributed by atoms with Gasteiger partial charge in [-0.2, -0.15) is 0 Å². The summed E-state index contributed by atoms with van der Waals surface area (Å²) in [6.07, 6.45) is 2.91. The monoisotopic (exact) mass is 352 g/mol. The van der Waals surface area contributed by atoms with E-state index in [1.54, 1.807) is 18.3 Å². The largest absolute Gasteiger partial charge is 0.367 e. The van der Waals surface area contributed by atoms with Crippen LogP contribution in [0, 0.1) is 5.82 Å². The smallest absolute Gasteiger partial charge is 0.251 e. The van der Waals surface area contributed by atoms with Crippen molar-refractivity contribution in [3.63, 3.8) is 0 Å². The van der Waals surface area contributed by atoms with Gasteiger partial charge in [0.25, 0.3) is 5.56 Å². The van der Waals surface area contributed by atoms with E-state index in [1.807, 2.05) is 32.0 Å². The number of nitrogens with zero attached hydrogens (tertiary/aromatic N) is 2. The Hall–Kier alpha value is -3.02. The summed E-state index contributed by atoms with van der Waals surface area (Å²) in [7, 11) is 0. The lowest BCUT2D eigenvalue weighted by Gasteiger charge is -2.15. The lowest BCUT2D eigenvalue weighted by atomic mass is 10.1. The third kappa shape index (κ3) is 4.33. The van der Waals surface area contributed by atoms with Crippen LogP contribution in [0.1, 0.15) is 25.1 Å². The molecule has 0 saturated heterocycles. The first-order chi connectivity index (χ1) is 12.5. The van der Waals surface area contributed by atoms with E-state index < -0.39 is 0 Å². The maximum atomic E-state index is 13.7. The molecule has 0 aliphatic carbocycles. The predicted molar refractivity (Wildman–Crippen MR) is 101 cm³/mol. The molecule has 2 aromatic heterocycles. The fourth-order valence-corrected chi connectivity index (χ4v) is 2.74. The first-order valence-electron chi connectivity index (χ1n) is 8.61. The van der Waals surface area contributed by atoms with Crippen molar-refractivity contribution in [2.75, 3.05) is 5.32 Å². The lowest BCUT2D eigenvalue weighted by Crippen LogP contribution is -2.19. The molecular weight excluding hydrogens is 331 g/mol. The second kappa shape index (κ2) is 7.91. The molecule has 0 amide bonds. The second-order valence-electron chi connectivity index (χ2n) is 6.21. The van der Waals surface area contributed by atoms with Gasteiger partial charge in [-0.3, -0.25) is 4.79 Å². The van der Waals surface area contributed by atoms with Gasteiger partial charge in [-0.1, -0.05) is 25.1 Å². The SMILES string of the molecule is CCc1cc(=O)[nH]c(-c2ccc(N[C@@H](C)Cc3ccccc3F)nc2)n1. The van der Waals surface area contributed by atoms with Gasteiger partial charge in [0, 0.05) is 29.6 Å². The second-order valence-corrected chi connectivity index (χ2v) is 6.21. The Morgan fingerprint density at radius 2 is 2.04 bits per heavy atom. The summed E-state index contributed by atoms with van der Waals surface area (Å²) in [6.45, 7) is 3.93. The van der Waals surface area contributed by atoms with E-state index in [1.165, 1.54) is 12.1 Å². The van der Waals surface area contributed by atoms with Gasteiger partial charge in [0.15, 0.2) is 0 Å². The number of rotatable bonds is 6. The molecule has 6 heteroatoms. The Bertz CT molecular complexity index is 937. The Balaban J connectivity index is 1.71. The minimum absolute atomic E-state index is 0.0200. The van der Waals surface area contributed by atoms with Crippen molar-refractivity contribution in [1.29, 1.82) is 0 Å². The minimum Gasteiger partial charge on any atom is -0.367 e. The van der Waals surface area contributed by atoms with E-state index in [2.05, 4.69) is 20.3 Å². The number of aromatic amines is 1. The van der Waals surface area contributed by atoms with E-state index in [0.717, 1.165) is 11.3 Å². The predicted octanol–water partition coefficient (Wildman–Crippen LogP) is 3.58. The Labute approximate surface area is 151 Å². The zero-order valence-electron chi connectivity index (χ0n) is 14.8. The Morgan fingerprint density at radius 1 is 1.23 bits per heavy atom. The fourth-order valence-electron chi connectivity index (χ4n) is 2.74. The number of hydrogen-bond donors (Lipinski definition) is 2. The number of aromatic nitrogens is 3. The summed E-state index contributed by atoms with van der Waals surface area (Å²) in [4.78, 5) is 23.2. The maximum Gasteiger partial charge on any atom is 0.251 e. The third-order valence-corrected chi connectivity index (χ3v) is 4.07. The molecule has 3 rings (SSSR count). The van der Waals surface area contributed by atoms with Gasteiger partial charge in [0.05, 0.1) is 0 Å². The van der Waals surface area contributed by atoms with Crippen LogP contribution in [0.15, 0.2) is 53.5 Å². The zero-order valence-corrected chi connectivity index (χ0v) is 14.8. The van der Waals surface area contributed by atoms with Crippen molar-refractivity contribution in [3.8, 4) is 11.4 Å². The summed E-state index contributed by atoms with van der Waals surface area (Å²) in [5, 5.41) is 3.26. The first kappa shape index (κ1) is 17.8. The molecule has 0 spiro atoms. The van der Waals surface area contributed by atoms with Gasteiger partial charge < -0.3 is 10.3 Å². The summed E-state index contributed by atoms with van der Waals surface area (Å²) < 4.78 is 13.7. The number of H-pyrrole nitrogens is 1. The Kier molecular flexibility index (Phi) is 5.41. The maximum absolute atomic E-state index is 13.7. The molecule has 1 aromatic carbocycles. The van der Waals surface area contributed by atoms with Crippen LogP contribution in [0.25, 0.3) is 11.4 Å². The molecule has 0 unspecified atom stereocenters. The van der Waals surface area contributed by atoms with Crippen LogP contribution >= 0.6 is 0 Å². The molecule has 3 aromatic rings. The van der Waals surface area contributed by atoms with Gasteiger partial charge in [0.1, 0.15) is 17.5 Å². The molecule has 1 atom stereocenters. The van der Waals surface area contributed by atoms with Gasteiger partial charge in [0.2, 0.25) is 0 Å². The molecule has 0 bridgehead atoms. The van der Waals surface area contributed by atoms with E-state index in [4.69, 9.17) is 0 Å². The van der Waals surface area contributed by atoms with Gasteiger partial charge in [-0.05, 0) is 43.5 Å². The molecule has 0 aliphatic heterocycles. The van der Waals surface area contributed by atoms with Crippen molar-refractivity contribution in [2.45, 2.75) is 32.7 Å². The standard InChI is InChI=1S/C20H21FN4O/c1-3-16-11-19(26)25-20(24-16)15-8-9-18(22-12-15)23-13(2)10-14-6-4-5-7-17(14)21/h4-9,11-13H,3,10H2,1-2H3,(H,22,23)(H,24,25,26)/t13-/m0/s1. The number of benzene rings is 1. The van der Waals surface area contributed by atoms with Crippen LogP contribution in [0.3, 0.4) is 0 Å². The number of pyridine rings is 1. The molecule has 0 radical (unpaired) electrons. The van der Waals surface area contributed by atoms with Gasteiger partial charge >= 0.3 is 0 Å². The van der Waals surface area contributed by atoms with Crippen molar-refractivity contribution in [2.24, 2.45) is 0 Å². The van der Waals surface area contributed by atoms with E-state index >= 15 is 0 Å². The van der Waals surface area contributed by atoms with Gasteiger partial charge in [-0.25, -0.2) is 14.4 Å². The highest BCUT2D eigenvalue weighted by Crippen LogP contribution is 2.16. The number of aryl methyl sites for hydroxylation is 1. The lowest BCUT2D eigenvalue weighted by molar-refractivity contribution is 0.601. The molecule has 0 fully saturated rings. The topological polar surface area (TPSA) is 70.7 Å². The summed E-state index contributed by atoms with van der Waals surface area (Å²) >= 11 is 0. The number of anilines is 1. The normalized spacial score (nSPS) is 12.0. The highest BCUT2D eigenvalue weighted by Gasteiger charge is 2.09. The average Bonchev–Trinajstić information content (AvgIpc) is 2.63. The number of hydrogen-bond acceptors (Lipinski definition) is 4. The van der Waals surface area contributed by atoms with Crippen LogP contribution in [0.5, 0.6) is 0 Å². The van der Waals surface area contributed by atoms with Crippen molar-refractivity contribution in [3.05, 3.63) is 76.1 Å². The molecule has 2 N–H and O–H groups in total. The summed E-state index contributed by atoms with van der Waals surface area (Å²) in [5.41, 5.74) is 1.98. The molecular formula is C20H21FN4O. The highest BCUT2D eigenvalue weighted by atomic mass is 19.1. The minimum atomic E-state index is -0.199. The highest BCUT2D eigenvalue weighted by molar-refractivity contribution is 5.56. The average molecular weight is 352 g/mol. The van der Waals surface area contributed by atoms with Crippen molar-refractivity contribution >= 4 is 5.82 Å². The van der Waals surface area contributed by atoms with Crippen LogP contribution in [0.4, 0.5) is 10.2 Å². The van der Waals surface area contributed by atoms with E-state index in [0.29, 0.717) is 30.0 Å². The van der Waals surface area contributed by atoms with E-state index in [9.17, 15) is 9.18 Å². The molecule has 2 heterocycles. The van der Waals surface area contributed by atoms with Crippen LogP contribution in [0.2, 0.25) is 0 Å². The summed E-state index contributed by atoms with van der Waals surface area (Å²) in [6, 6.07) is 12.0. The van der Waals surface area contributed by atoms with Crippen molar-refractivity contribution in [1.82, 2.24) is 15.0 Å². The van der Waals surface area contributed by atoms with Crippen LogP contribution < -0.4 is 10.9 Å². The molecule has 26 heavy (non-hydrogen) atoms. The Morgan fingerprint density at radius 3 is 2.73 bits per heavy atom. The van der Waals surface area contributed by atoms with Crippen LogP contribution in [-0.4, -0.2) is 21.0 Å². The molecule has 134 valence electrons. The van der Waals surface area contributed by atoms with Crippen molar-refractivity contribution < 1.29 is 4.39 Å². The third-order valence-electron chi connectivity index (χ3n) is 4.07. The first-order valence-corrected chi connectivity index (χ1v) is 8.61.